The highest BCUT2D eigenvalue weighted by molar-refractivity contribution is 6.03. The molecule has 0 spiro atoms. The van der Waals surface area contributed by atoms with E-state index in [0.717, 1.165) is 24.0 Å². The second-order valence-corrected chi connectivity index (χ2v) is 6.00. The molecule has 0 N–H and O–H groups in total. The third-order valence-corrected chi connectivity index (χ3v) is 4.03. The Hall–Kier alpha value is -3.39. The lowest BCUT2D eigenvalue weighted by Crippen LogP contribution is -2.14. The number of esters is 2. The minimum absolute atomic E-state index is 0.203. The number of benzene rings is 2. The van der Waals surface area contributed by atoms with E-state index in [2.05, 4.69) is 6.07 Å². The molecule has 0 atom stereocenters. The van der Waals surface area contributed by atoms with Gasteiger partial charge in [-0.1, -0.05) is 30.4 Å². The monoisotopic (exact) mass is 377 g/mol. The standard InChI is InChI=1S/C23H23NO4/c1-3-27-22(25)20-14-13-18(15-21(20)23(26)28-4-2)8-6-5-7-17-9-11-19(16-24)12-10-17/h6,8-15H,3-5,7H2,1-2H3. The molecule has 0 saturated heterocycles. The van der Waals surface area contributed by atoms with Gasteiger partial charge in [-0.3, -0.25) is 0 Å². The Morgan fingerprint density at radius 1 is 0.964 bits per heavy atom. The van der Waals surface area contributed by atoms with Crippen LogP contribution in [0.3, 0.4) is 0 Å². The van der Waals surface area contributed by atoms with Crippen LogP contribution in [0.15, 0.2) is 48.5 Å². The minimum Gasteiger partial charge on any atom is -0.462 e. The highest BCUT2D eigenvalue weighted by Crippen LogP contribution is 2.17. The zero-order valence-corrected chi connectivity index (χ0v) is 16.1. The molecule has 5 nitrogen and oxygen atoms in total. The van der Waals surface area contributed by atoms with Gasteiger partial charge in [-0.2, -0.15) is 5.26 Å². The lowest BCUT2D eigenvalue weighted by molar-refractivity contribution is 0.0479. The maximum atomic E-state index is 12.2. The summed E-state index contributed by atoms with van der Waals surface area (Å²) >= 11 is 0. The molecule has 0 amide bonds. The molecule has 2 rings (SSSR count). The molecule has 0 saturated carbocycles. The summed E-state index contributed by atoms with van der Waals surface area (Å²) < 4.78 is 10.1. The van der Waals surface area contributed by atoms with Gasteiger partial charge < -0.3 is 9.47 Å². The number of ether oxygens (including phenoxy) is 2. The van der Waals surface area contributed by atoms with Gasteiger partial charge in [0.05, 0.1) is 36.0 Å². The van der Waals surface area contributed by atoms with Crippen molar-refractivity contribution in [3.8, 4) is 6.07 Å². The molecule has 0 heterocycles. The van der Waals surface area contributed by atoms with Gasteiger partial charge in [0.25, 0.3) is 0 Å². The number of rotatable bonds is 8. The SMILES string of the molecule is CCOC(=O)c1ccc(C=CCCc2ccc(C#N)cc2)cc1C(=O)OCC. The molecule has 5 heteroatoms. The summed E-state index contributed by atoms with van der Waals surface area (Å²) in [6.07, 6.45) is 5.56. The zero-order valence-electron chi connectivity index (χ0n) is 16.1. The van der Waals surface area contributed by atoms with E-state index in [4.69, 9.17) is 14.7 Å². The predicted molar refractivity (Wildman–Crippen MR) is 107 cm³/mol. The van der Waals surface area contributed by atoms with E-state index in [9.17, 15) is 9.59 Å². The van der Waals surface area contributed by atoms with Gasteiger partial charge in [-0.25, -0.2) is 9.59 Å². The van der Waals surface area contributed by atoms with Crippen LogP contribution in [-0.2, 0) is 15.9 Å². The second-order valence-electron chi connectivity index (χ2n) is 6.00. The average molecular weight is 377 g/mol. The van der Waals surface area contributed by atoms with Crippen LogP contribution in [0.25, 0.3) is 6.08 Å². The molecule has 0 unspecified atom stereocenters. The Morgan fingerprint density at radius 3 is 2.21 bits per heavy atom. The first kappa shape index (κ1) is 20.9. The van der Waals surface area contributed by atoms with Crippen LogP contribution in [0, 0.1) is 11.3 Å². The van der Waals surface area contributed by atoms with Gasteiger partial charge >= 0.3 is 11.9 Å². The van der Waals surface area contributed by atoms with Crippen LogP contribution in [0.2, 0.25) is 0 Å². The maximum absolute atomic E-state index is 12.2. The van der Waals surface area contributed by atoms with Gasteiger partial charge in [-0.15, -0.1) is 0 Å². The highest BCUT2D eigenvalue weighted by Gasteiger charge is 2.19. The zero-order chi connectivity index (χ0) is 20.4. The van der Waals surface area contributed by atoms with Crippen LogP contribution < -0.4 is 0 Å². The van der Waals surface area contributed by atoms with E-state index in [-0.39, 0.29) is 24.3 Å². The van der Waals surface area contributed by atoms with E-state index in [1.807, 2.05) is 24.3 Å². The number of allylic oxidation sites excluding steroid dienone is 1. The fourth-order valence-corrected chi connectivity index (χ4v) is 2.65. The molecule has 28 heavy (non-hydrogen) atoms. The Bertz CT molecular complexity index is 892. The summed E-state index contributed by atoms with van der Waals surface area (Å²) in [5.74, 6) is -1.08. The summed E-state index contributed by atoms with van der Waals surface area (Å²) in [6, 6.07) is 14.6. The number of hydrogen-bond donors (Lipinski definition) is 0. The maximum Gasteiger partial charge on any atom is 0.339 e. The van der Waals surface area contributed by atoms with E-state index < -0.39 is 11.9 Å². The molecular formula is C23H23NO4. The molecule has 2 aromatic carbocycles. The van der Waals surface area contributed by atoms with E-state index >= 15 is 0 Å². The molecule has 0 radical (unpaired) electrons. The molecule has 0 aliphatic carbocycles. The van der Waals surface area contributed by atoms with Gasteiger partial charge in [0.2, 0.25) is 0 Å². The quantitative estimate of drug-likeness (QED) is 0.631. The molecule has 144 valence electrons. The number of nitriles is 1. The van der Waals surface area contributed by atoms with Crippen LogP contribution in [0.1, 0.15) is 57.7 Å². The number of aryl methyl sites for hydroxylation is 1. The topological polar surface area (TPSA) is 76.4 Å². The molecule has 0 aliphatic heterocycles. The smallest absolute Gasteiger partial charge is 0.339 e. The molecule has 0 fully saturated rings. The third kappa shape index (κ3) is 5.82. The number of carbonyl (C=O) groups excluding carboxylic acids is 2. The highest BCUT2D eigenvalue weighted by atomic mass is 16.5. The van der Waals surface area contributed by atoms with Crippen molar-refractivity contribution in [1.82, 2.24) is 0 Å². The largest absolute Gasteiger partial charge is 0.462 e. The van der Waals surface area contributed by atoms with Crippen molar-refractivity contribution in [2.24, 2.45) is 0 Å². The van der Waals surface area contributed by atoms with Gasteiger partial charge in [-0.05, 0) is 62.1 Å². The van der Waals surface area contributed by atoms with Crippen LogP contribution in [0.5, 0.6) is 0 Å². The Labute approximate surface area is 165 Å². The lowest BCUT2D eigenvalue weighted by Gasteiger charge is -2.09. The van der Waals surface area contributed by atoms with Gasteiger partial charge in [0.15, 0.2) is 0 Å². The van der Waals surface area contributed by atoms with Crippen molar-refractivity contribution >= 4 is 18.0 Å². The summed E-state index contributed by atoms with van der Waals surface area (Å²) in [5.41, 5.74) is 3.00. The van der Waals surface area contributed by atoms with Crippen LogP contribution >= 0.6 is 0 Å². The minimum atomic E-state index is -0.543. The summed E-state index contributed by atoms with van der Waals surface area (Å²) in [4.78, 5) is 24.3. The predicted octanol–water partition coefficient (Wildman–Crippen LogP) is 4.56. The van der Waals surface area contributed by atoms with Gasteiger partial charge in [0.1, 0.15) is 0 Å². The van der Waals surface area contributed by atoms with E-state index in [0.29, 0.717) is 5.56 Å². The van der Waals surface area contributed by atoms with Crippen molar-refractivity contribution in [1.29, 1.82) is 5.26 Å². The fourth-order valence-electron chi connectivity index (χ4n) is 2.65. The van der Waals surface area contributed by atoms with Crippen molar-refractivity contribution in [3.05, 3.63) is 76.4 Å². The molecule has 0 aliphatic rings. The second kappa shape index (κ2) is 10.7. The molecular weight excluding hydrogens is 354 g/mol. The van der Waals surface area contributed by atoms with E-state index in [1.165, 1.54) is 0 Å². The Kier molecular flexibility index (Phi) is 7.98. The molecule has 0 bridgehead atoms. The van der Waals surface area contributed by atoms with Crippen molar-refractivity contribution in [2.75, 3.05) is 13.2 Å². The first-order chi connectivity index (χ1) is 13.6. The number of hydrogen-bond acceptors (Lipinski definition) is 5. The fraction of sp³-hybridized carbons (Fsp3) is 0.261. The normalized spacial score (nSPS) is 10.5. The van der Waals surface area contributed by atoms with Crippen molar-refractivity contribution in [3.63, 3.8) is 0 Å². The average Bonchev–Trinajstić information content (AvgIpc) is 2.72. The Balaban J connectivity index is 2.10. The first-order valence-electron chi connectivity index (χ1n) is 9.22. The van der Waals surface area contributed by atoms with Crippen molar-refractivity contribution < 1.29 is 19.1 Å². The number of nitrogens with zero attached hydrogens (tertiary/aromatic N) is 1. The summed E-state index contributed by atoms with van der Waals surface area (Å²) in [6.45, 7) is 3.89. The molecule has 2 aromatic rings. The van der Waals surface area contributed by atoms with Gasteiger partial charge in [0, 0.05) is 0 Å². The number of carbonyl (C=O) groups is 2. The van der Waals surface area contributed by atoms with Crippen LogP contribution in [0.4, 0.5) is 0 Å². The lowest BCUT2D eigenvalue weighted by atomic mass is 10.0. The first-order valence-corrected chi connectivity index (χ1v) is 9.22. The van der Waals surface area contributed by atoms with E-state index in [1.54, 1.807) is 44.2 Å². The Morgan fingerprint density at radius 2 is 1.61 bits per heavy atom. The summed E-state index contributed by atoms with van der Waals surface area (Å²) in [5, 5.41) is 8.82. The van der Waals surface area contributed by atoms with Crippen molar-refractivity contribution in [2.45, 2.75) is 26.7 Å². The summed E-state index contributed by atoms with van der Waals surface area (Å²) in [7, 11) is 0. The van der Waals surface area contributed by atoms with Crippen LogP contribution in [-0.4, -0.2) is 25.2 Å². The third-order valence-electron chi connectivity index (χ3n) is 4.03. The molecule has 0 aromatic heterocycles.